The van der Waals surface area contributed by atoms with Crippen molar-refractivity contribution >= 4 is 5.91 Å². The summed E-state index contributed by atoms with van der Waals surface area (Å²) in [5.41, 5.74) is 9.30. The number of fused-ring (bicyclic) bond motifs is 5. The zero-order valence-corrected chi connectivity index (χ0v) is 17.0. The van der Waals surface area contributed by atoms with Crippen LogP contribution in [0.25, 0.3) is 0 Å². The van der Waals surface area contributed by atoms with Crippen LogP contribution in [0.5, 0.6) is 0 Å². The summed E-state index contributed by atoms with van der Waals surface area (Å²) < 4.78 is 13.7. The van der Waals surface area contributed by atoms with Gasteiger partial charge in [-0.1, -0.05) is 0 Å². The number of carbonyl (C=O) groups is 1. The van der Waals surface area contributed by atoms with Crippen LogP contribution in [-0.2, 0) is 4.79 Å². The van der Waals surface area contributed by atoms with Crippen LogP contribution < -0.4 is 27.1 Å². The maximum absolute atomic E-state index is 13.7. The van der Waals surface area contributed by atoms with Gasteiger partial charge in [0, 0.05) is 44.8 Å². The molecule has 0 aliphatic carbocycles. The highest BCUT2D eigenvalue weighted by molar-refractivity contribution is 5.81. The molecule has 0 aromatic heterocycles. The number of rotatable bonds is 3. The van der Waals surface area contributed by atoms with Gasteiger partial charge in [0.15, 0.2) is 0 Å². The van der Waals surface area contributed by atoms with E-state index in [0.29, 0.717) is 12.1 Å². The average molecular weight is 411 g/mol. The number of piperidine rings is 2. The van der Waals surface area contributed by atoms with E-state index >= 15 is 0 Å². The molecular weight excluding hydrogens is 375 g/mol. The Bertz CT molecular complexity index is 603. The molecule has 6 rings (SSSR count). The first-order valence-corrected chi connectivity index (χ1v) is 11.2. The second-order valence-corrected chi connectivity index (χ2v) is 9.27. The van der Waals surface area contributed by atoms with Crippen molar-refractivity contribution in [3.05, 3.63) is 0 Å². The van der Waals surface area contributed by atoms with Gasteiger partial charge in [-0.25, -0.2) is 14.8 Å². The summed E-state index contributed by atoms with van der Waals surface area (Å²) in [5, 5.41) is 11.7. The number of hydrazine groups is 1. The van der Waals surface area contributed by atoms with Crippen LogP contribution >= 0.6 is 0 Å². The molecule has 6 unspecified atom stereocenters. The second-order valence-electron chi connectivity index (χ2n) is 9.27. The smallest absolute Gasteiger partial charge is 0.229 e. The van der Waals surface area contributed by atoms with Gasteiger partial charge >= 0.3 is 0 Å². The highest BCUT2D eigenvalue weighted by Crippen LogP contribution is 2.27. The highest BCUT2D eigenvalue weighted by Gasteiger charge is 2.48. The zero-order valence-electron chi connectivity index (χ0n) is 17.0. The fourth-order valence-corrected chi connectivity index (χ4v) is 6.00. The molecule has 6 saturated heterocycles. The molecule has 2 bridgehead atoms. The predicted octanol–water partition coefficient (Wildman–Crippen LogP) is -2.40. The molecule has 0 spiro atoms. The Morgan fingerprint density at radius 2 is 1.93 bits per heavy atom. The molecule has 6 N–H and O–H groups in total. The Balaban J connectivity index is 1.27. The molecule has 1 amide bonds. The number of nitrogens with two attached hydrogens (primary N) is 1. The number of carbonyl (C=O) groups excluding carboxylic acids is 1. The first-order valence-electron chi connectivity index (χ1n) is 11.2. The molecule has 10 heteroatoms. The Morgan fingerprint density at radius 3 is 2.76 bits per heavy atom. The molecule has 0 aromatic rings. The summed E-state index contributed by atoms with van der Waals surface area (Å²) in [7, 11) is 0. The molecule has 6 atom stereocenters. The van der Waals surface area contributed by atoms with E-state index in [1.165, 1.54) is 25.9 Å². The lowest BCUT2D eigenvalue weighted by Crippen LogP contribution is -2.64. The molecule has 0 saturated carbocycles. The summed E-state index contributed by atoms with van der Waals surface area (Å²) in [6.07, 6.45) is 1.80. The predicted molar refractivity (Wildman–Crippen MR) is 107 cm³/mol. The van der Waals surface area contributed by atoms with E-state index in [0.717, 1.165) is 32.6 Å². The van der Waals surface area contributed by atoms with E-state index < -0.39 is 18.3 Å². The van der Waals surface area contributed by atoms with Gasteiger partial charge in [0.25, 0.3) is 0 Å². The number of hydrogen-bond donors (Lipinski definition) is 5. The summed E-state index contributed by atoms with van der Waals surface area (Å²) in [6.45, 7) is 6.91. The van der Waals surface area contributed by atoms with Gasteiger partial charge in [-0.15, -0.1) is 0 Å². The van der Waals surface area contributed by atoms with Crippen LogP contribution in [0.1, 0.15) is 19.3 Å². The van der Waals surface area contributed by atoms with Gasteiger partial charge in [0.1, 0.15) is 6.17 Å². The summed E-state index contributed by atoms with van der Waals surface area (Å²) in [6, 6.07) is 1.06. The van der Waals surface area contributed by atoms with Crippen molar-refractivity contribution in [2.75, 3.05) is 52.4 Å². The molecule has 6 heterocycles. The highest BCUT2D eigenvalue weighted by atomic mass is 19.1. The molecule has 6 aliphatic heterocycles. The molecule has 0 aromatic carbocycles. The van der Waals surface area contributed by atoms with Gasteiger partial charge < -0.3 is 21.3 Å². The van der Waals surface area contributed by atoms with E-state index in [4.69, 9.17) is 5.73 Å². The largest absolute Gasteiger partial charge is 0.350 e. The van der Waals surface area contributed by atoms with Crippen LogP contribution in [0.15, 0.2) is 0 Å². The number of nitrogens with one attached hydrogen (secondary N) is 4. The minimum absolute atomic E-state index is 0.0381. The maximum Gasteiger partial charge on any atom is 0.229 e. The average Bonchev–Trinajstić information content (AvgIpc) is 2.85. The third-order valence-electron chi connectivity index (χ3n) is 7.52. The Kier molecular flexibility index (Phi) is 5.76. The van der Waals surface area contributed by atoms with Crippen LogP contribution in [0, 0.1) is 5.92 Å². The molecular formula is C19H35FN8O. The van der Waals surface area contributed by atoms with Gasteiger partial charge in [0.05, 0.1) is 24.3 Å². The van der Waals surface area contributed by atoms with Crippen molar-refractivity contribution in [3.8, 4) is 0 Å². The fraction of sp³-hybridized carbons (Fsp3) is 0.947. The topological polar surface area (TPSA) is 101 Å². The fourth-order valence-electron chi connectivity index (χ4n) is 6.00. The Hall–Kier alpha value is -0.880. The molecule has 164 valence electrons. The summed E-state index contributed by atoms with van der Waals surface area (Å²) in [4.78, 5) is 18.5. The first-order chi connectivity index (χ1) is 14.1. The quantitative estimate of drug-likeness (QED) is 0.351. The minimum atomic E-state index is -0.950. The van der Waals surface area contributed by atoms with Gasteiger partial charge in [-0.05, 0) is 38.9 Å². The molecule has 6 aliphatic rings. The van der Waals surface area contributed by atoms with Gasteiger partial charge in [-0.2, -0.15) is 0 Å². The second kappa shape index (κ2) is 8.33. The van der Waals surface area contributed by atoms with Crippen LogP contribution in [-0.4, -0.2) is 110 Å². The zero-order chi connectivity index (χ0) is 20.0. The third-order valence-corrected chi connectivity index (χ3v) is 7.52. The number of hydrogen-bond acceptors (Lipinski definition) is 8. The van der Waals surface area contributed by atoms with Crippen molar-refractivity contribution in [1.82, 2.24) is 36.2 Å². The van der Waals surface area contributed by atoms with Crippen molar-refractivity contribution in [2.24, 2.45) is 11.7 Å². The van der Waals surface area contributed by atoms with Crippen LogP contribution in [0.4, 0.5) is 4.39 Å². The number of alkyl halides is 1. The summed E-state index contributed by atoms with van der Waals surface area (Å²) in [5.74, 6) is -0.472. The Morgan fingerprint density at radius 1 is 1.10 bits per heavy atom. The number of amides is 1. The third kappa shape index (κ3) is 3.91. The Labute approximate surface area is 171 Å². The first kappa shape index (κ1) is 20.0. The van der Waals surface area contributed by atoms with Crippen molar-refractivity contribution in [2.45, 2.75) is 55.9 Å². The SMILES string of the molecule is NC1NN2CC(F)CNC2C1C(=O)NC1CNCCC1N1CCN2CCC1CC2. The van der Waals surface area contributed by atoms with E-state index in [9.17, 15) is 9.18 Å². The lowest BCUT2D eigenvalue weighted by atomic mass is 9.93. The number of nitrogens with zero attached hydrogens (tertiary/aromatic N) is 3. The van der Waals surface area contributed by atoms with E-state index in [1.54, 1.807) is 5.01 Å². The van der Waals surface area contributed by atoms with E-state index in [2.05, 4.69) is 31.2 Å². The summed E-state index contributed by atoms with van der Waals surface area (Å²) >= 11 is 0. The minimum Gasteiger partial charge on any atom is -0.350 e. The van der Waals surface area contributed by atoms with Crippen LogP contribution in [0.2, 0.25) is 0 Å². The van der Waals surface area contributed by atoms with Crippen molar-refractivity contribution in [3.63, 3.8) is 0 Å². The lowest BCUT2D eigenvalue weighted by Gasteiger charge is -2.44. The monoisotopic (exact) mass is 410 g/mol. The molecule has 9 nitrogen and oxygen atoms in total. The molecule has 0 radical (unpaired) electrons. The van der Waals surface area contributed by atoms with E-state index in [1.807, 2.05) is 0 Å². The normalized spacial score (nSPS) is 46.3. The number of halogens is 1. The lowest BCUT2D eigenvalue weighted by molar-refractivity contribution is -0.128. The van der Waals surface area contributed by atoms with Crippen LogP contribution in [0.3, 0.4) is 0 Å². The maximum atomic E-state index is 13.7. The van der Waals surface area contributed by atoms with Gasteiger partial charge in [0.2, 0.25) is 5.91 Å². The van der Waals surface area contributed by atoms with Crippen molar-refractivity contribution in [1.29, 1.82) is 0 Å². The van der Waals surface area contributed by atoms with Gasteiger partial charge in [-0.3, -0.25) is 15.0 Å². The van der Waals surface area contributed by atoms with E-state index in [-0.39, 0.29) is 31.2 Å². The molecule has 6 fully saturated rings. The van der Waals surface area contributed by atoms with Crippen molar-refractivity contribution < 1.29 is 9.18 Å². The molecule has 29 heavy (non-hydrogen) atoms. The standard InChI is InChI=1S/C19H35FN8O/c20-12-9-23-18-16(17(21)25-28(18)11-12)19(29)24-14-10-22-4-1-15(14)27-8-7-26-5-2-13(27)3-6-26/h12-18,22-23,25H,1-11,21H2,(H,24,29).